The lowest BCUT2D eigenvalue weighted by atomic mass is 9.85. The SMILES string of the molecule is CC(N)Cc1ccc2c(c1)nc(C1CCC1)n2C. The summed E-state index contributed by atoms with van der Waals surface area (Å²) in [4.78, 5) is 4.82. The summed E-state index contributed by atoms with van der Waals surface area (Å²) in [6, 6.07) is 6.76. The van der Waals surface area contributed by atoms with Gasteiger partial charge in [-0.3, -0.25) is 0 Å². The monoisotopic (exact) mass is 243 g/mol. The highest BCUT2D eigenvalue weighted by molar-refractivity contribution is 5.77. The van der Waals surface area contributed by atoms with E-state index >= 15 is 0 Å². The highest BCUT2D eigenvalue weighted by Crippen LogP contribution is 2.36. The number of fused-ring (bicyclic) bond motifs is 1. The fourth-order valence-electron chi connectivity index (χ4n) is 2.79. The molecule has 0 aliphatic heterocycles. The molecule has 1 atom stereocenters. The summed E-state index contributed by atoms with van der Waals surface area (Å²) in [5.74, 6) is 1.94. The molecule has 0 amide bonds. The van der Waals surface area contributed by atoms with Crippen LogP contribution in [0.3, 0.4) is 0 Å². The van der Waals surface area contributed by atoms with E-state index in [1.54, 1.807) is 0 Å². The van der Waals surface area contributed by atoms with Gasteiger partial charge in [0.1, 0.15) is 5.82 Å². The summed E-state index contributed by atoms with van der Waals surface area (Å²) in [6.45, 7) is 2.04. The number of rotatable bonds is 3. The van der Waals surface area contributed by atoms with Crippen molar-refractivity contribution in [3.63, 3.8) is 0 Å². The molecule has 1 aliphatic carbocycles. The second-order valence-electron chi connectivity index (χ2n) is 5.66. The van der Waals surface area contributed by atoms with Crippen LogP contribution in [0.2, 0.25) is 0 Å². The van der Waals surface area contributed by atoms with Crippen LogP contribution in [-0.4, -0.2) is 15.6 Å². The molecule has 1 aliphatic rings. The zero-order valence-corrected chi connectivity index (χ0v) is 11.2. The molecule has 0 saturated heterocycles. The molecule has 0 radical (unpaired) electrons. The van der Waals surface area contributed by atoms with Crippen LogP contribution < -0.4 is 5.73 Å². The number of benzene rings is 1. The molecule has 18 heavy (non-hydrogen) atoms. The first kappa shape index (κ1) is 11.7. The van der Waals surface area contributed by atoms with Crippen LogP contribution in [0.4, 0.5) is 0 Å². The standard InChI is InChI=1S/C15H21N3/c1-10(16)8-11-6-7-14-13(9-11)17-15(18(14)2)12-4-3-5-12/h6-7,9-10,12H,3-5,8,16H2,1-2H3. The molecule has 1 fully saturated rings. The smallest absolute Gasteiger partial charge is 0.112 e. The Bertz CT molecular complexity index is 564. The number of nitrogens with zero attached hydrogens (tertiary/aromatic N) is 2. The van der Waals surface area contributed by atoms with Gasteiger partial charge in [-0.05, 0) is 43.9 Å². The highest BCUT2D eigenvalue weighted by Gasteiger charge is 2.24. The Balaban J connectivity index is 2.00. The lowest BCUT2D eigenvalue weighted by molar-refractivity contribution is 0.395. The van der Waals surface area contributed by atoms with E-state index in [1.165, 1.54) is 36.2 Å². The van der Waals surface area contributed by atoms with Gasteiger partial charge in [0.05, 0.1) is 11.0 Å². The summed E-state index contributed by atoms with van der Waals surface area (Å²) >= 11 is 0. The third kappa shape index (κ3) is 1.93. The first-order chi connectivity index (χ1) is 8.65. The van der Waals surface area contributed by atoms with E-state index < -0.39 is 0 Å². The van der Waals surface area contributed by atoms with Crippen LogP contribution in [0.5, 0.6) is 0 Å². The van der Waals surface area contributed by atoms with Gasteiger partial charge in [-0.25, -0.2) is 4.98 Å². The maximum Gasteiger partial charge on any atom is 0.112 e. The van der Waals surface area contributed by atoms with Crippen molar-refractivity contribution < 1.29 is 0 Å². The summed E-state index contributed by atoms with van der Waals surface area (Å²) in [6.07, 6.45) is 4.86. The Morgan fingerprint density at radius 3 is 2.83 bits per heavy atom. The number of aromatic nitrogens is 2. The maximum atomic E-state index is 5.86. The number of hydrogen-bond donors (Lipinski definition) is 1. The zero-order chi connectivity index (χ0) is 12.7. The van der Waals surface area contributed by atoms with Gasteiger partial charge >= 0.3 is 0 Å². The molecule has 3 heteroatoms. The van der Waals surface area contributed by atoms with Gasteiger partial charge in [-0.1, -0.05) is 12.5 Å². The molecule has 2 aromatic rings. The van der Waals surface area contributed by atoms with Crippen molar-refractivity contribution in [3.05, 3.63) is 29.6 Å². The van der Waals surface area contributed by atoms with E-state index in [0.29, 0.717) is 5.92 Å². The van der Waals surface area contributed by atoms with Gasteiger partial charge < -0.3 is 10.3 Å². The van der Waals surface area contributed by atoms with Gasteiger partial charge in [-0.2, -0.15) is 0 Å². The second kappa shape index (κ2) is 4.39. The van der Waals surface area contributed by atoms with E-state index in [0.717, 1.165) is 11.9 Å². The van der Waals surface area contributed by atoms with Crippen molar-refractivity contribution in [1.29, 1.82) is 0 Å². The van der Waals surface area contributed by atoms with Crippen molar-refractivity contribution in [2.75, 3.05) is 0 Å². The van der Waals surface area contributed by atoms with Crippen molar-refractivity contribution >= 4 is 11.0 Å². The number of hydrogen-bond acceptors (Lipinski definition) is 2. The minimum atomic E-state index is 0.206. The molecule has 3 nitrogen and oxygen atoms in total. The number of nitrogens with two attached hydrogens (primary N) is 1. The lowest BCUT2D eigenvalue weighted by Crippen LogP contribution is -2.17. The molecule has 1 aromatic heterocycles. The molecular formula is C15H21N3. The first-order valence-corrected chi connectivity index (χ1v) is 6.86. The summed E-state index contributed by atoms with van der Waals surface area (Å²) < 4.78 is 2.26. The Morgan fingerprint density at radius 2 is 2.22 bits per heavy atom. The Kier molecular flexibility index (Phi) is 2.86. The van der Waals surface area contributed by atoms with Crippen LogP contribution in [0.1, 0.15) is 43.5 Å². The Hall–Kier alpha value is -1.35. The number of aryl methyl sites for hydroxylation is 1. The molecule has 1 heterocycles. The molecule has 1 unspecified atom stereocenters. The summed E-state index contributed by atoms with van der Waals surface area (Å²) in [5, 5.41) is 0. The highest BCUT2D eigenvalue weighted by atomic mass is 15.1. The van der Waals surface area contributed by atoms with Gasteiger partial charge in [0.15, 0.2) is 0 Å². The fourth-order valence-corrected chi connectivity index (χ4v) is 2.79. The third-order valence-electron chi connectivity index (χ3n) is 4.01. The molecular weight excluding hydrogens is 222 g/mol. The van der Waals surface area contributed by atoms with Crippen molar-refractivity contribution in [2.45, 2.75) is 44.6 Å². The lowest BCUT2D eigenvalue weighted by Gasteiger charge is -2.24. The van der Waals surface area contributed by atoms with Gasteiger partial charge in [-0.15, -0.1) is 0 Å². The quantitative estimate of drug-likeness (QED) is 0.900. The van der Waals surface area contributed by atoms with E-state index in [4.69, 9.17) is 10.7 Å². The van der Waals surface area contributed by atoms with E-state index in [9.17, 15) is 0 Å². The van der Waals surface area contributed by atoms with Crippen LogP contribution in [-0.2, 0) is 13.5 Å². The van der Waals surface area contributed by atoms with Crippen LogP contribution in [0, 0.1) is 0 Å². The molecule has 1 aromatic carbocycles. The summed E-state index contributed by atoms with van der Waals surface area (Å²) in [7, 11) is 2.13. The van der Waals surface area contributed by atoms with Crippen LogP contribution >= 0.6 is 0 Å². The topological polar surface area (TPSA) is 43.8 Å². The molecule has 2 N–H and O–H groups in total. The zero-order valence-electron chi connectivity index (χ0n) is 11.2. The van der Waals surface area contributed by atoms with Crippen LogP contribution in [0.25, 0.3) is 11.0 Å². The van der Waals surface area contributed by atoms with Crippen LogP contribution in [0.15, 0.2) is 18.2 Å². The minimum Gasteiger partial charge on any atom is -0.331 e. The molecule has 96 valence electrons. The maximum absolute atomic E-state index is 5.86. The van der Waals surface area contributed by atoms with Crippen molar-refractivity contribution in [1.82, 2.24) is 9.55 Å². The molecule has 1 saturated carbocycles. The minimum absolute atomic E-state index is 0.206. The fraction of sp³-hybridized carbons (Fsp3) is 0.533. The second-order valence-corrected chi connectivity index (χ2v) is 5.66. The van der Waals surface area contributed by atoms with E-state index in [2.05, 4.69) is 29.8 Å². The molecule has 0 bridgehead atoms. The summed E-state index contributed by atoms with van der Waals surface area (Å²) in [5.41, 5.74) is 9.51. The van der Waals surface area contributed by atoms with Crippen molar-refractivity contribution in [3.8, 4) is 0 Å². The Labute approximate surface area is 108 Å². The first-order valence-electron chi connectivity index (χ1n) is 6.86. The average molecular weight is 243 g/mol. The predicted octanol–water partition coefficient (Wildman–Crippen LogP) is 2.73. The van der Waals surface area contributed by atoms with Gasteiger partial charge in [0.25, 0.3) is 0 Å². The average Bonchev–Trinajstić information content (AvgIpc) is 2.53. The molecule has 0 spiro atoms. The largest absolute Gasteiger partial charge is 0.331 e. The van der Waals surface area contributed by atoms with E-state index in [-0.39, 0.29) is 6.04 Å². The predicted molar refractivity (Wildman–Crippen MR) is 74.7 cm³/mol. The molecule has 3 rings (SSSR count). The Morgan fingerprint density at radius 1 is 1.44 bits per heavy atom. The van der Waals surface area contributed by atoms with E-state index in [1.807, 2.05) is 6.92 Å². The third-order valence-corrected chi connectivity index (χ3v) is 4.01. The normalized spacial score (nSPS) is 17.9. The van der Waals surface area contributed by atoms with Gasteiger partial charge in [0.2, 0.25) is 0 Å². The van der Waals surface area contributed by atoms with Crippen molar-refractivity contribution in [2.24, 2.45) is 12.8 Å². The number of imidazole rings is 1. The van der Waals surface area contributed by atoms with Gasteiger partial charge in [0, 0.05) is 19.0 Å².